The molecule has 0 aromatic carbocycles. The smallest absolute Gasteiger partial charge is 0.228 e. The Labute approximate surface area is 133 Å². The molecule has 0 bridgehead atoms. The van der Waals surface area contributed by atoms with Crippen LogP contribution in [0.5, 0.6) is 0 Å². The Balaban J connectivity index is 1.67. The standard InChI is InChI=1S/C18H16N4O/c1-11-4-5-19-10-15(11)16-6-13-9-21-17(7-14(13)8-20-16)22-18(23)12-2-3-12/h4-10,12H,2-3H2,1H3,(H,21,22,23). The summed E-state index contributed by atoms with van der Waals surface area (Å²) in [5.41, 5.74) is 3.02. The number of anilines is 1. The molecule has 3 aromatic heterocycles. The van der Waals surface area contributed by atoms with Gasteiger partial charge in [-0.15, -0.1) is 0 Å². The zero-order valence-electron chi connectivity index (χ0n) is 12.8. The molecule has 0 radical (unpaired) electrons. The van der Waals surface area contributed by atoms with E-state index < -0.39 is 0 Å². The van der Waals surface area contributed by atoms with Gasteiger partial charge in [-0.25, -0.2) is 4.98 Å². The number of nitrogens with one attached hydrogen (secondary N) is 1. The number of carbonyl (C=O) groups excluding carboxylic acids is 1. The second kappa shape index (κ2) is 5.43. The summed E-state index contributed by atoms with van der Waals surface area (Å²) < 4.78 is 0. The van der Waals surface area contributed by atoms with Gasteiger partial charge in [-0.3, -0.25) is 14.8 Å². The fourth-order valence-electron chi connectivity index (χ4n) is 2.56. The lowest BCUT2D eigenvalue weighted by Gasteiger charge is -2.07. The highest BCUT2D eigenvalue weighted by Crippen LogP contribution is 2.30. The van der Waals surface area contributed by atoms with Crippen molar-refractivity contribution in [3.05, 3.63) is 48.5 Å². The molecule has 0 aliphatic heterocycles. The Morgan fingerprint density at radius 3 is 2.70 bits per heavy atom. The summed E-state index contributed by atoms with van der Waals surface area (Å²) in [5.74, 6) is 0.815. The van der Waals surface area contributed by atoms with Crippen molar-refractivity contribution in [3.8, 4) is 11.3 Å². The van der Waals surface area contributed by atoms with Crippen molar-refractivity contribution in [1.29, 1.82) is 0 Å². The predicted octanol–water partition coefficient (Wildman–Crippen LogP) is 3.35. The van der Waals surface area contributed by atoms with Crippen molar-refractivity contribution in [3.63, 3.8) is 0 Å². The third kappa shape index (κ3) is 2.77. The molecule has 1 saturated carbocycles. The minimum atomic E-state index is 0.0624. The van der Waals surface area contributed by atoms with Gasteiger partial charge in [0.25, 0.3) is 0 Å². The van der Waals surface area contributed by atoms with Gasteiger partial charge in [0.05, 0.1) is 5.69 Å². The third-order valence-corrected chi connectivity index (χ3v) is 4.12. The summed E-state index contributed by atoms with van der Waals surface area (Å²) in [7, 11) is 0. The SMILES string of the molecule is Cc1ccncc1-c1cc2cnc(NC(=O)C3CC3)cc2cn1. The molecule has 1 amide bonds. The van der Waals surface area contributed by atoms with Crippen LogP contribution in [-0.4, -0.2) is 20.9 Å². The normalized spacial score (nSPS) is 14.0. The van der Waals surface area contributed by atoms with Crippen LogP contribution in [0.15, 0.2) is 43.0 Å². The van der Waals surface area contributed by atoms with E-state index in [0.717, 1.165) is 40.4 Å². The topological polar surface area (TPSA) is 67.8 Å². The molecule has 1 aliphatic carbocycles. The van der Waals surface area contributed by atoms with Gasteiger partial charge in [0.2, 0.25) is 5.91 Å². The van der Waals surface area contributed by atoms with Gasteiger partial charge >= 0.3 is 0 Å². The molecule has 114 valence electrons. The van der Waals surface area contributed by atoms with Gasteiger partial charge in [0.1, 0.15) is 5.82 Å². The number of amides is 1. The Hall–Kier alpha value is -2.82. The number of hydrogen-bond donors (Lipinski definition) is 1. The zero-order valence-corrected chi connectivity index (χ0v) is 12.8. The maximum Gasteiger partial charge on any atom is 0.228 e. The van der Waals surface area contributed by atoms with Crippen LogP contribution in [0.2, 0.25) is 0 Å². The molecule has 0 atom stereocenters. The van der Waals surface area contributed by atoms with Gasteiger partial charge in [-0.1, -0.05) is 0 Å². The quantitative estimate of drug-likeness (QED) is 0.805. The van der Waals surface area contributed by atoms with Crippen LogP contribution in [0, 0.1) is 12.8 Å². The van der Waals surface area contributed by atoms with Crippen molar-refractivity contribution in [1.82, 2.24) is 15.0 Å². The van der Waals surface area contributed by atoms with Crippen LogP contribution < -0.4 is 5.32 Å². The highest BCUT2D eigenvalue weighted by Gasteiger charge is 2.29. The van der Waals surface area contributed by atoms with E-state index in [4.69, 9.17) is 0 Å². The molecule has 3 heterocycles. The van der Waals surface area contributed by atoms with E-state index in [1.165, 1.54) is 0 Å². The summed E-state index contributed by atoms with van der Waals surface area (Å²) in [5, 5.41) is 4.81. The second-order valence-corrected chi connectivity index (χ2v) is 5.94. The minimum absolute atomic E-state index is 0.0624. The molecule has 1 N–H and O–H groups in total. The van der Waals surface area contributed by atoms with Crippen molar-refractivity contribution < 1.29 is 4.79 Å². The number of aromatic nitrogens is 3. The van der Waals surface area contributed by atoms with Gasteiger partial charge in [0.15, 0.2) is 0 Å². The Bertz CT molecular complexity index is 902. The van der Waals surface area contributed by atoms with Gasteiger partial charge in [-0.05, 0) is 43.5 Å². The lowest BCUT2D eigenvalue weighted by molar-refractivity contribution is -0.117. The van der Waals surface area contributed by atoms with E-state index in [2.05, 4.69) is 20.3 Å². The van der Waals surface area contributed by atoms with Crippen LogP contribution in [-0.2, 0) is 4.79 Å². The molecule has 23 heavy (non-hydrogen) atoms. The number of pyridine rings is 3. The second-order valence-electron chi connectivity index (χ2n) is 5.94. The fourth-order valence-corrected chi connectivity index (χ4v) is 2.56. The highest BCUT2D eigenvalue weighted by atomic mass is 16.2. The molecule has 1 fully saturated rings. The van der Waals surface area contributed by atoms with Crippen LogP contribution in [0.4, 0.5) is 5.82 Å². The maximum absolute atomic E-state index is 11.8. The van der Waals surface area contributed by atoms with Crippen molar-refractivity contribution >= 4 is 22.5 Å². The summed E-state index contributed by atoms with van der Waals surface area (Å²) in [6.45, 7) is 2.04. The molecule has 0 saturated heterocycles. The van der Waals surface area contributed by atoms with Crippen LogP contribution in [0.1, 0.15) is 18.4 Å². The van der Waals surface area contributed by atoms with Crippen molar-refractivity contribution in [2.45, 2.75) is 19.8 Å². The van der Waals surface area contributed by atoms with E-state index in [1.807, 2.05) is 37.5 Å². The number of rotatable bonds is 3. The Kier molecular flexibility index (Phi) is 3.26. The van der Waals surface area contributed by atoms with E-state index in [0.29, 0.717) is 5.82 Å². The Morgan fingerprint density at radius 1 is 1.13 bits per heavy atom. The van der Waals surface area contributed by atoms with Gasteiger partial charge in [0, 0.05) is 47.0 Å². The summed E-state index contributed by atoms with van der Waals surface area (Å²) in [4.78, 5) is 24.8. The van der Waals surface area contributed by atoms with E-state index >= 15 is 0 Å². The third-order valence-electron chi connectivity index (χ3n) is 4.12. The molecule has 1 aliphatic rings. The Morgan fingerprint density at radius 2 is 1.91 bits per heavy atom. The summed E-state index contributed by atoms with van der Waals surface area (Å²) in [6.07, 6.45) is 9.14. The monoisotopic (exact) mass is 304 g/mol. The average Bonchev–Trinajstić information content (AvgIpc) is 3.40. The first-order chi connectivity index (χ1) is 11.2. The molecular weight excluding hydrogens is 288 g/mol. The van der Waals surface area contributed by atoms with Crippen molar-refractivity contribution in [2.24, 2.45) is 5.92 Å². The highest BCUT2D eigenvalue weighted by molar-refractivity contribution is 5.95. The van der Waals surface area contributed by atoms with Crippen LogP contribution in [0.25, 0.3) is 22.0 Å². The number of fused-ring (bicyclic) bond motifs is 1. The van der Waals surface area contributed by atoms with Crippen LogP contribution >= 0.6 is 0 Å². The number of aryl methyl sites for hydroxylation is 1. The molecule has 3 aromatic rings. The van der Waals surface area contributed by atoms with Crippen LogP contribution in [0.3, 0.4) is 0 Å². The van der Waals surface area contributed by atoms with Gasteiger partial charge < -0.3 is 5.32 Å². The van der Waals surface area contributed by atoms with Gasteiger partial charge in [-0.2, -0.15) is 0 Å². The molecule has 0 unspecified atom stereocenters. The first kappa shape index (κ1) is 13.8. The molecule has 4 rings (SSSR count). The number of hydrogen-bond acceptors (Lipinski definition) is 4. The molecule has 0 spiro atoms. The first-order valence-electron chi connectivity index (χ1n) is 7.68. The summed E-state index contributed by atoms with van der Waals surface area (Å²) in [6, 6.07) is 5.83. The van der Waals surface area contributed by atoms with E-state index in [1.54, 1.807) is 12.4 Å². The van der Waals surface area contributed by atoms with E-state index in [9.17, 15) is 4.79 Å². The molecule has 5 nitrogen and oxygen atoms in total. The lowest BCUT2D eigenvalue weighted by atomic mass is 10.1. The van der Waals surface area contributed by atoms with E-state index in [-0.39, 0.29) is 11.8 Å². The fraction of sp³-hybridized carbons (Fsp3) is 0.222. The summed E-state index contributed by atoms with van der Waals surface area (Å²) >= 11 is 0. The minimum Gasteiger partial charge on any atom is -0.310 e. The van der Waals surface area contributed by atoms with Crippen molar-refractivity contribution in [2.75, 3.05) is 5.32 Å². The predicted molar refractivity (Wildman–Crippen MR) is 88.9 cm³/mol. The average molecular weight is 304 g/mol. The molecule has 5 heteroatoms. The maximum atomic E-state index is 11.8. The largest absolute Gasteiger partial charge is 0.310 e. The first-order valence-corrected chi connectivity index (χ1v) is 7.68. The number of nitrogens with zero attached hydrogens (tertiary/aromatic N) is 3. The zero-order chi connectivity index (χ0) is 15.8. The number of carbonyl (C=O) groups is 1. The lowest BCUT2D eigenvalue weighted by Crippen LogP contribution is -2.14. The molecular formula is C18H16N4O.